The van der Waals surface area contributed by atoms with Crippen LogP contribution in [0.25, 0.3) is 0 Å². The fourth-order valence-electron chi connectivity index (χ4n) is 3.87. The molecule has 0 spiro atoms. The van der Waals surface area contributed by atoms with Crippen molar-refractivity contribution in [3.8, 4) is 0 Å². The number of nitrogens with one attached hydrogen (secondary N) is 1. The fraction of sp³-hybridized carbons (Fsp3) is 0.667. The van der Waals surface area contributed by atoms with Crippen LogP contribution in [0, 0.1) is 0 Å². The molecule has 0 radical (unpaired) electrons. The van der Waals surface area contributed by atoms with Crippen molar-refractivity contribution < 1.29 is 4.74 Å². The van der Waals surface area contributed by atoms with Gasteiger partial charge in [-0.2, -0.15) is 0 Å². The maximum atomic E-state index is 5.88. The summed E-state index contributed by atoms with van der Waals surface area (Å²) in [6.45, 7) is 8.65. The van der Waals surface area contributed by atoms with E-state index in [1.54, 1.807) is 0 Å². The van der Waals surface area contributed by atoms with E-state index >= 15 is 0 Å². The average Bonchev–Trinajstić information content (AvgIpc) is 2.87. The molecule has 1 N–H and O–H groups in total. The lowest BCUT2D eigenvalue weighted by Gasteiger charge is -2.37. The number of pyridine rings is 1. The van der Waals surface area contributed by atoms with Crippen molar-refractivity contribution in [2.24, 2.45) is 0 Å². The largest absolute Gasteiger partial charge is 0.364 e. The summed E-state index contributed by atoms with van der Waals surface area (Å²) in [6, 6.07) is 3.46. The molecular weight excluding hydrogens is 238 g/mol. The van der Waals surface area contributed by atoms with Gasteiger partial charge in [-0.1, -0.05) is 0 Å². The molecule has 4 nitrogen and oxygen atoms in total. The first-order valence-electron chi connectivity index (χ1n) is 7.33. The maximum Gasteiger partial charge on any atom is 0.132 e. The lowest BCUT2D eigenvalue weighted by molar-refractivity contribution is 0.0319. The summed E-state index contributed by atoms with van der Waals surface area (Å²) in [5.74, 6) is 1.21. The number of anilines is 1. The molecule has 0 amide bonds. The van der Waals surface area contributed by atoms with E-state index in [-0.39, 0.29) is 12.2 Å². The zero-order valence-electron chi connectivity index (χ0n) is 11.8. The molecular formula is C15H21N3O. The molecule has 3 aliphatic heterocycles. The molecule has 0 aromatic carbocycles. The van der Waals surface area contributed by atoms with E-state index < -0.39 is 0 Å². The molecule has 4 heteroatoms. The second-order valence-electron chi connectivity index (χ2n) is 6.14. The van der Waals surface area contributed by atoms with Gasteiger partial charge in [-0.25, -0.2) is 4.98 Å². The standard InChI is InChI=1S/C15H21N3O/c1-8-6-16-7-12-4-11-5-13-9(2)19-10(3)14(13)17-15(11)18(8)12/h5,8-10,12,16H,4,6-7H2,1-3H3. The molecule has 4 heterocycles. The predicted octanol–water partition coefficient (Wildman–Crippen LogP) is 1.96. The molecule has 0 saturated carbocycles. The van der Waals surface area contributed by atoms with Crippen LogP contribution in [-0.4, -0.2) is 30.2 Å². The van der Waals surface area contributed by atoms with Gasteiger partial charge in [0.1, 0.15) is 5.82 Å². The van der Waals surface area contributed by atoms with Crippen molar-refractivity contribution in [3.05, 3.63) is 22.9 Å². The maximum absolute atomic E-state index is 5.88. The average molecular weight is 259 g/mol. The summed E-state index contributed by atoms with van der Waals surface area (Å²) in [6.07, 6.45) is 1.44. The Labute approximate surface area is 114 Å². The summed E-state index contributed by atoms with van der Waals surface area (Å²) < 4.78 is 5.88. The highest BCUT2D eigenvalue weighted by molar-refractivity contribution is 5.58. The monoisotopic (exact) mass is 259 g/mol. The number of nitrogens with zero attached hydrogens (tertiary/aromatic N) is 2. The third-order valence-corrected chi connectivity index (χ3v) is 4.76. The normalized spacial score (nSPS) is 36.1. The Bertz CT molecular complexity index is 530. The number of hydrogen-bond donors (Lipinski definition) is 1. The minimum absolute atomic E-state index is 0.132. The lowest BCUT2D eigenvalue weighted by atomic mass is 10.0. The van der Waals surface area contributed by atoms with Crippen molar-refractivity contribution >= 4 is 5.82 Å². The number of aromatic nitrogens is 1. The first-order chi connectivity index (χ1) is 9.15. The summed E-state index contributed by atoms with van der Waals surface area (Å²) in [4.78, 5) is 7.49. The van der Waals surface area contributed by atoms with E-state index in [1.807, 2.05) is 0 Å². The molecule has 3 aliphatic rings. The Morgan fingerprint density at radius 2 is 2.11 bits per heavy atom. The van der Waals surface area contributed by atoms with Crippen LogP contribution in [0.3, 0.4) is 0 Å². The summed E-state index contributed by atoms with van der Waals surface area (Å²) >= 11 is 0. The third-order valence-electron chi connectivity index (χ3n) is 4.76. The molecule has 1 aromatic rings. The first kappa shape index (κ1) is 11.7. The minimum Gasteiger partial charge on any atom is -0.364 e. The van der Waals surface area contributed by atoms with E-state index in [9.17, 15) is 0 Å². The van der Waals surface area contributed by atoms with Crippen LogP contribution < -0.4 is 10.2 Å². The quantitative estimate of drug-likeness (QED) is 0.773. The number of fused-ring (bicyclic) bond motifs is 4. The minimum atomic E-state index is 0.132. The van der Waals surface area contributed by atoms with Crippen LogP contribution >= 0.6 is 0 Å². The molecule has 19 heavy (non-hydrogen) atoms. The van der Waals surface area contributed by atoms with Crippen LogP contribution in [0.5, 0.6) is 0 Å². The summed E-state index contributed by atoms with van der Waals surface area (Å²) in [5.41, 5.74) is 3.85. The summed E-state index contributed by atoms with van der Waals surface area (Å²) in [5, 5.41) is 3.52. The molecule has 1 fully saturated rings. The Hall–Kier alpha value is -1.13. The van der Waals surface area contributed by atoms with Crippen LogP contribution in [-0.2, 0) is 11.2 Å². The molecule has 4 unspecified atom stereocenters. The second kappa shape index (κ2) is 3.93. The highest BCUT2D eigenvalue weighted by Gasteiger charge is 2.39. The Morgan fingerprint density at radius 3 is 2.95 bits per heavy atom. The van der Waals surface area contributed by atoms with Crippen molar-refractivity contribution in [2.75, 3.05) is 18.0 Å². The number of piperazine rings is 1. The van der Waals surface area contributed by atoms with Crippen molar-refractivity contribution in [3.63, 3.8) is 0 Å². The fourth-order valence-corrected chi connectivity index (χ4v) is 3.87. The number of rotatable bonds is 0. The van der Waals surface area contributed by atoms with Gasteiger partial charge in [0, 0.05) is 30.7 Å². The summed E-state index contributed by atoms with van der Waals surface area (Å²) in [7, 11) is 0. The molecule has 1 aromatic heterocycles. The van der Waals surface area contributed by atoms with Crippen LogP contribution in [0.15, 0.2) is 6.07 Å². The molecule has 4 atom stereocenters. The van der Waals surface area contributed by atoms with Gasteiger partial charge in [0.15, 0.2) is 0 Å². The van der Waals surface area contributed by atoms with Gasteiger partial charge >= 0.3 is 0 Å². The third kappa shape index (κ3) is 1.56. The smallest absolute Gasteiger partial charge is 0.132 e. The van der Waals surface area contributed by atoms with E-state index in [4.69, 9.17) is 9.72 Å². The van der Waals surface area contributed by atoms with Gasteiger partial charge in [0.2, 0.25) is 0 Å². The number of ether oxygens (including phenoxy) is 1. The zero-order valence-corrected chi connectivity index (χ0v) is 11.8. The predicted molar refractivity (Wildman–Crippen MR) is 74.5 cm³/mol. The van der Waals surface area contributed by atoms with E-state index in [0.717, 1.165) is 25.2 Å². The molecule has 0 aliphatic carbocycles. The van der Waals surface area contributed by atoms with Crippen LogP contribution in [0.2, 0.25) is 0 Å². The van der Waals surface area contributed by atoms with E-state index in [2.05, 4.69) is 37.1 Å². The molecule has 1 saturated heterocycles. The first-order valence-corrected chi connectivity index (χ1v) is 7.33. The highest BCUT2D eigenvalue weighted by atomic mass is 16.5. The van der Waals surface area contributed by atoms with E-state index in [0.29, 0.717) is 12.1 Å². The van der Waals surface area contributed by atoms with Gasteiger partial charge in [-0.05, 0) is 38.8 Å². The SMILES string of the molecule is CC1OC(C)c2nc3c(cc21)CC1CNCC(C)N31. The van der Waals surface area contributed by atoms with Gasteiger partial charge in [-0.15, -0.1) is 0 Å². The van der Waals surface area contributed by atoms with Gasteiger partial charge in [0.25, 0.3) is 0 Å². The van der Waals surface area contributed by atoms with Crippen molar-refractivity contribution in [2.45, 2.75) is 51.5 Å². The molecule has 102 valence electrons. The Balaban J connectivity index is 1.82. The van der Waals surface area contributed by atoms with Crippen LogP contribution in [0.4, 0.5) is 5.82 Å². The van der Waals surface area contributed by atoms with E-state index in [1.165, 1.54) is 16.9 Å². The van der Waals surface area contributed by atoms with Gasteiger partial charge in [0.05, 0.1) is 17.9 Å². The zero-order chi connectivity index (χ0) is 13.1. The molecule has 0 bridgehead atoms. The Kier molecular flexibility index (Phi) is 2.42. The van der Waals surface area contributed by atoms with Crippen molar-refractivity contribution in [1.29, 1.82) is 0 Å². The van der Waals surface area contributed by atoms with Gasteiger partial charge < -0.3 is 15.0 Å². The topological polar surface area (TPSA) is 37.4 Å². The lowest BCUT2D eigenvalue weighted by Crippen LogP contribution is -2.55. The Morgan fingerprint density at radius 1 is 1.26 bits per heavy atom. The second-order valence-corrected chi connectivity index (χ2v) is 6.14. The highest BCUT2D eigenvalue weighted by Crippen LogP contribution is 2.42. The van der Waals surface area contributed by atoms with Crippen LogP contribution in [0.1, 0.15) is 49.8 Å². The van der Waals surface area contributed by atoms with Crippen molar-refractivity contribution in [1.82, 2.24) is 10.3 Å². The number of hydrogen-bond acceptors (Lipinski definition) is 4. The van der Waals surface area contributed by atoms with Gasteiger partial charge in [-0.3, -0.25) is 0 Å². The molecule has 4 rings (SSSR count).